The molecule has 2 spiro atoms. The summed E-state index contributed by atoms with van der Waals surface area (Å²) in [6.45, 7) is 2.52. The average Bonchev–Trinajstić information content (AvgIpc) is 3.28. The van der Waals surface area contributed by atoms with Crippen LogP contribution in [-0.2, 0) is 4.74 Å². The van der Waals surface area contributed by atoms with Crippen molar-refractivity contribution < 1.29 is 9.84 Å². The fourth-order valence-electron chi connectivity index (χ4n) is 8.25. The normalized spacial score (nSPS) is 43.1. The zero-order valence-electron chi connectivity index (χ0n) is 18.3. The first-order chi connectivity index (χ1) is 15.0. The largest absolute Gasteiger partial charge is 0.393 e. The van der Waals surface area contributed by atoms with Gasteiger partial charge in [-0.15, -0.1) is 0 Å². The van der Waals surface area contributed by atoms with Crippen LogP contribution in [0, 0.1) is 11.3 Å². The molecule has 1 aromatic heterocycles. The van der Waals surface area contributed by atoms with E-state index < -0.39 is 0 Å². The zero-order chi connectivity index (χ0) is 20.8. The van der Waals surface area contributed by atoms with Crippen LogP contribution in [0.4, 0.5) is 0 Å². The lowest BCUT2D eigenvalue weighted by atomic mass is 9.58. The predicted octanol–water partition coefficient (Wildman–Crippen LogP) is 5.84. The first kappa shape index (κ1) is 18.6. The third kappa shape index (κ3) is 2.34. The highest BCUT2D eigenvalue weighted by Crippen LogP contribution is 2.69. The van der Waals surface area contributed by atoms with Gasteiger partial charge in [-0.3, -0.25) is 4.98 Å². The van der Waals surface area contributed by atoms with E-state index in [4.69, 9.17) is 4.74 Å². The molecule has 1 aromatic carbocycles. The second-order valence-electron chi connectivity index (χ2n) is 11.1. The number of benzene rings is 1. The third-order valence-corrected chi connectivity index (χ3v) is 9.72. The van der Waals surface area contributed by atoms with Crippen molar-refractivity contribution in [1.82, 2.24) is 4.98 Å². The molecular weight excluding hydrogens is 382 g/mol. The zero-order valence-corrected chi connectivity index (χ0v) is 18.3. The molecule has 31 heavy (non-hydrogen) atoms. The van der Waals surface area contributed by atoms with Crippen LogP contribution in [0.5, 0.6) is 0 Å². The molecule has 2 saturated carbocycles. The van der Waals surface area contributed by atoms with E-state index in [2.05, 4.69) is 48.3 Å². The topological polar surface area (TPSA) is 42.4 Å². The van der Waals surface area contributed by atoms with Gasteiger partial charge >= 0.3 is 0 Å². The molecule has 2 unspecified atom stereocenters. The van der Waals surface area contributed by atoms with E-state index in [0.29, 0.717) is 11.8 Å². The number of ether oxygens (including phenoxy) is 1. The molecule has 2 bridgehead atoms. The molecule has 7 rings (SSSR count). The van der Waals surface area contributed by atoms with Gasteiger partial charge in [0, 0.05) is 24.2 Å². The van der Waals surface area contributed by atoms with E-state index in [1.165, 1.54) is 40.3 Å². The minimum atomic E-state index is -0.213. The molecule has 3 heteroatoms. The van der Waals surface area contributed by atoms with Crippen LogP contribution in [0.25, 0.3) is 10.8 Å². The molecule has 5 aliphatic rings. The van der Waals surface area contributed by atoms with Gasteiger partial charge in [-0.25, -0.2) is 0 Å². The van der Waals surface area contributed by atoms with Gasteiger partial charge in [-0.2, -0.15) is 0 Å². The van der Waals surface area contributed by atoms with Gasteiger partial charge < -0.3 is 9.84 Å². The van der Waals surface area contributed by atoms with Crippen LogP contribution in [0.1, 0.15) is 69.8 Å². The Morgan fingerprint density at radius 3 is 2.97 bits per heavy atom. The van der Waals surface area contributed by atoms with Crippen LogP contribution in [-0.4, -0.2) is 27.4 Å². The SMILES string of the molecule is CC12CC=C3C=C4CC[C@@H](O)C[C@]45CC[C@]3(O5)[C@@H]1CCC2c1ccc2ccncc2c1. The van der Waals surface area contributed by atoms with E-state index in [1.807, 2.05) is 12.4 Å². The summed E-state index contributed by atoms with van der Waals surface area (Å²) in [5.41, 5.74) is 4.26. The molecular formula is C28H31NO2. The summed E-state index contributed by atoms with van der Waals surface area (Å²) < 4.78 is 7.18. The monoisotopic (exact) mass is 413 g/mol. The summed E-state index contributed by atoms with van der Waals surface area (Å²) in [4.78, 5) is 4.35. The molecule has 2 aromatic rings. The first-order valence-electron chi connectivity index (χ1n) is 12.2. The van der Waals surface area contributed by atoms with E-state index >= 15 is 0 Å². The highest BCUT2D eigenvalue weighted by Gasteiger charge is 2.66. The summed E-state index contributed by atoms with van der Waals surface area (Å²) in [5.74, 6) is 1.10. The third-order valence-electron chi connectivity index (χ3n) is 9.72. The Morgan fingerprint density at radius 2 is 2.03 bits per heavy atom. The highest BCUT2D eigenvalue weighted by molar-refractivity contribution is 5.82. The number of hydrogen-bond acceptors (Lipinski definition) is 3. The first-order valence-corrected chi connectivity index (χ1v) is 12.2. The second kappa shape index (κ2) is 6.08. The molecule has 6 atom stereocenters. The maximum absolute atomic E-state index is 10.4. The van der Waals surface area contributed by atoms with E-state index in [9.17, 15) is 5.11 Å². The van der Waals surface area contributed by atoms with E-state index in [0.717, 1.165) is 38.5 Å². The molecule has 1 saturated heterocycles. The number of hydrogen-bond donors (Lipinski definition) is 1. The number of allylic oxidation sites excluding steroid dienone is 1. The standard InChI is InChI=1S/C28H31NO2/c1-26-10-8-22-15-21-4-5-23(30)16-27(21)11-12-28(22,31-27)25(26)7-6-24(26)19-3-2-18-9-13-29-17-20(18)14-19/h2-3,8-9,13-15,17,23-25,30H,4-7,10-12,16H2,1H3/t23-,24?,25-,26?,27-,28-/m1/s1. The van der Waals surface area contributed by atoms with Gasteiger partial charge in [0.1, 0.15) is 0 Å². The summed E-state index contributed by atoms with van der Waals surface area (Å²) in [6.07, 6.45) is 17.1. The lowest BCUT2D eigenvalue weighted by Gasteiger charge is -2.54. The van der Waals surface area contributed by atoms with Gasteiger partial charge in [0.25, 0.3) is 0 Å². The predicted molar refractivity (Wildman–Crippen MR) is 122 cm³/mol. The molecule has 2 aliphatic heterocycles. The van der Waals surface area contributed by atoms with Crippen molar-refractivity contribution in [3.8, 4) is 0 Å². The summed E-state index contributed by atoms with van der Waals surface area (Å²) in [5, 5.41) is 13.0. The van der Waals surface area contributed by atoms with Crippen molar-refractivity contribution in [3.63, 3.8) is 0 Å². The molecule has 0 amide bonds. The van der Waals surface area contributed by atoms with Crippen LogP contribution >= 0.6 is 0 Å². The quantitative estimate of drug-likeness (QED) is 0.639. The van der Waals surface area contributed by atoms with Crippen LogP contribution in [0.3, 0.4) is 0 Å². The molecule has 3 nitrogen and oxygen atoms in total. The number of rotatable bonds is 1. The Hall–Kier alpha value is -1.97. The fourth-order valence-corrected chi connectivity index (χ4v) is 8.25. The van der Waals surface area contributed by atoms with Crippen molar-refractivity contribution in [2.45, 2.75) is 81.5 Å². The highest BCUT2D eigenvalue weighted by atomic mass is 16.5. The summed E-state index contributed by atoms with van der Waals surface area (Å²) in [7, 11) is 0. The van der Waals surface area contributed by atoms with Gasteiger partial charge in [0.05, 0.1) is 17.3 Å². The van der Waals surface area contributed by atoms with Crippen molar-refractivity contribution in [3.05, 3.63) is 65.5 Å². The lowest BCUT2D eigenvalue weighted by Crippen LogP contribution is -2.54. The molecule has 3 heterocycles. The minimum absolute atomic E-state index is 0.138. The van der Waals surface area contributed by atoms with Crippen molar-refractivity contribution in [1.29, 1.82) is 0 Å². The van der Waals surface area contributed by atoms with Crippen LogP contribution in [0.2, 0.25) is 0 Å². The van der Waals surface area contributed by atoms with Gasteiger partial charge in [-0.05, 0) is 96.4 Å². The number of pyridine rings is 1. The Labute approximate surface area is 184 Å². The Balaban J connectivity index is 1.31. The molecule has 1 N–H and O–H groups in total. The molecule has 0 radical (unpaired) electrons. The van der Waals surface area contributed by atoms with Gasteiger partial charge in [0.2, 0.25) is 0 Å². The van der Waals surface area contributed by atoms with Gasteiger partial charge in [-0.1, -0.05) is 31.2 Å². The Morgan fingerprint density at radius 1 is 1.10 bits per heavy atom. The van der Waals surface area contributed by atoms with Crippen LogP contribution in [0.15, 0.2) is 60.0 Å². The second-order valence-corrected chi connectivity index (χ2v) is 11.1. The molecule has 3 aliphatic carbocycles. The van der Waals surface area contributed by atoms with Crippen molar-refractivity contribution in [2.75, 3.05) is 0 Å². The van der Waals surface area contributed by atoms with Gasteiger partial charge in [0.15, 0.2) is 0 Å². The Bertz CT molecular complexity index is 1150. The number of aromatic nitrogens is 1. The maximum Gasteiger partial charge on any atom is 0.0974 e. The van der Waals surface area contributed by atoms with E-state index in [-0.39, 0.29) is 22.7 Å². The summed E-state index contributed by atoms with van der Waals surface area (Å²) >= 11 is 0. The average molecular weight is 414 g/mol. The van der Waals surface area contributed by atoms with Crippen molar-refractivity contribution in [2.24, 2.45) is 11.3 Å². The minimum Gasteiger partial charge on any atom is -0.393 e. The molecule has 3 fully saturated rings. The fraction of sp³-hybridized carbons (Fsp3) is 0.536. The number of nitrogens with zero attached hydrogens (tertiary/aromatic N) is 1. The lowest BCUT2D eigenvalue weighted by molar-refractivity contribution is -0.144. The Kier molecular flexibility index (Phi) is 3.65. The summed E-state index contributed by atoms with van der Waals surface area (Å²) in [6, 6.07) is 9.10. The number of aliphatic hydroxyl groups excluding tert-OH is 1. The van der Waals surface area contributed by atoms with E-state index in [1.54, 1.807) is 0 Å². The smallest absolute Gasteiger partial charge is 0.0974 e. The van der Waals surface area contributed by atoms with Crippen molar-refractivity contribution >= 4 is 10.8 Å². The molecule has 160 valence electrons. The van der Waals surface area contributed by atoms with Crippen LogP contribution < -0.4 is 0 Å². The number of fused-ring (bicyclic) bond motifs is 2. The maximum atomic E-state index is 10.4. The number of aliphatic hydroxyl groups is 1.